The average Bonchev–Trinajstić information content (AvgIpc) is 2.99. The lowest BCUT2D eigenvalue weighted by atomic mass is 9.77. The first-order chi connectivity index (χ1) is 10.3. The zero-order chi connectivity index (χ0) is 14.5. The lowest BCUT2D eigenvalue weighted by Crippen LogP contribution is -2.43. The van der Waals surface area contributed by atoms with E-state index in [1.165, 1.54) is 12.0 Å². The van der Waals surface area contributed by atoms with E-state index < -0.39 is 0 Å². The van der Waals surface area contributed by atoms with Gasteiger partial charge in [-0.2, -0.15) is 4.98 Å². The zero-order valence-electron chi connectivity index (χ0n) is 12.6. The van der Waals surface area contributed by atoms with Crippen LogP contribution in [0.2, 0.25) is 0 Å². The van der Waals surface area contributed by atoms with Crippen LogP contribution in [0.1, 0.15) is 49.9 Å². The zero-order valence-corrected chi connectivity index (χ0v) is 12.6. The van der Waals surface area contributed by atoms with Crippen LogP contribution in [0.3, 0.4) is 0 Å². The number of hydrogen-bond acceptors (Lipinski definition) is 4. The molecule has 4 heteroatoms. The Labute approximate surface area is 126 Å². The molecule has 2 heterocycles. The summed E-state index contributed by atoms with van der Waals surface area (Å²) in [7, 11) is 0. The summed E-state index contributed by atoms with van der Waals surface area (Å²) in [5, 5.41) is 7.69. The smallest absolute Gasteiger partial charge is 0.234 e. The number of aromatic nitrogens is 2. The van der Waals surface area contributed by atoms with Crippen LogP contribution in [-0.4, -0.2) is 23.2 Å². The van der Waals surface area contributed by atoms with E-state index in [4.69, 9.17) is 9.51 Å². The van der Waals surface area contributed by atoms with Gasteiger partial charge in [0.1, 0.15) is 0 Å². The highest BCUT2D eigenvalue weighted by Gasteiger charge is 2.38. The van der Waals surface area contributed by atoms with Gasteiger partial charge in [-0.3, -0.25) is 0 Å². The maximum absolute atomic E-state index is 5.63. The van der Waals surface area contributed by atoms with E-state index in [1.54, 1.807) is 0 Å². The number of hydrogen-bond donors (Lipinski definition) is 1. The van der Waals surface area contributed by atoms with Gasteiger partial charge >= 0.3 is 0 Å². The Hall–Kier alpha value is -1.68. The van der Waals surface area contributed by atoms with Gasteiger partial charge in [0.15, 0.2) is 5.82 Å². The molecule has 3 rings (SSSR count). The Morgan fingerprint density at radius 1 is 1.29 bits per heavy atom. The summed E-state index contributed by atoms with van der Waals surface area (Å²) in [5.41, 5.74) is 1.26. The summed E-state index contributed by atoms with van der Waals surface area (Å²) in [6.07, 6.45) is 5.29. The first kappa shape index (κ1) is 14.3. The lowest BCUT2D eigenvalue weighted by molar-refractivity contribution is 0.213. The van der Waals surface area contributed by atoms with Gasteiger partial charge in [-0.25, -0.2) is 0 Å². The second-order valence-corrected chi connectivity index (χ2v) is 5.99. The second-order valence-electron chi connectivity index (χ2n) is 5.99. The predicted molar refractivity (Wildman–Crippen MR) is 82.2 cm³/mol. The van der Waals surface area contributed by atoms with Crippen molar-refractivity contribution in [2.45, 2.75) is 44.4 Å². The van der Waals surface area contributed by atoms with Crippen LogP contribution in [0.4, 0.5) is 0 Å². The molecule has 1 atom stereocenters. The van der Waals surface area contributed by atoms with Gasteiger partial charge in [0, 0.05) is 13.0 Å². The van der Waals surface area contributed by atoms with Crippen LogP contribution >= 0.6 is 0 Å². The largest absolute Gasteiger partial charge is 0.339 e. The van der Waals surface area contributed by atoms with Crippen molar-refractivity contribution in [1.82, 2.24) is 15.5 Å². The van der Waals surface area contributed by atoms with Crippen LogP contribution in [-0.2, 0) is 11.8 Å². The Balaban J connectivity index is 1.79. The minimum Gasteiger partial charge on any atom is -0.339 e. The molecule has 1 saturated heterocycles. The average molecular weight is 285 g/mol. The van der Waals surface area contributed by atoms with Crippen molar-refractivity contribution in [3.05, 3.63) is 47.6 Å². The fraction of sp³-hybridized carbons (Fsp3) is 0.529. The minimum atomic E-state index is 0.0366. The summed E-state index contributed by atoms with van der Waals surface area (Å²) in [4.78, 5) is 4.70. The molecule has 4 nitrogen and oxygen atoms in total. The third kappa shape index (κ3) is 3.16. The molecule has 1 aromatic carbocycles. The van der Waals surface area contributed by atoms with Crippen LogP contribution in [0.15, 0.2) is 34.9 Å². The maximum Gasteiger partial charge on any atom is 0.234 e. The molecule has 1 unspecified atom stereocenters. The molecule has 1 N–H and O–H groups in total. The molecule has 0 aliphatic carbocycles. The maximum atomic E-state index is 5.63. The fourth-order valence-corrected chi connectivity index (χ4v) is 3.27. The SMILES string of the molecule is CCCC1(c2nc(Cc3ccccc3)no2)CCCNC1. The van der Waals surface area contributed by atoms with Crippen LogP contribution < -0.4 is 5.32 Å². The monoisotopic (exact) mass is 285 g/mol. The first-order valence-corrected chi connectivity index (χ1v) is 7.90. The van der Waals surface area contributed by atoms with Crippen LogP contribution in [0.25, 0.3) is 0 Å². The number of nitrogens with one attached hydrogen (secondary N) is 1. The Kier molecular flexibility index (Phi) is 4.34. The van der Waals surface area contributed by atoms with Crippen LogP contribution in [0.5, 0.6) is 0 Å². The van der Waals surface area contributed by atoms with Gasteiger partial charge in [0.25, 0.3) is 0 Å². The van der Waals surface area contributed by atoms with Crippen molar-refractivity contribution in [3.63, 3.8) is 0 Å². The minimum absolute atomic E-state index is 0.0366. The van der Waals surface area contributed by atoms with Crippen molar-refractivity contribution in [3.8, 4) is 0 Å². The molecule has 0 amide bonds. The summed E-state index contributed by atoms with van der Waals surface area (Å²) in [5.74, 6) is 1.61. The van der Waals surface area contributed by atoms with Gasteiger partial charge in [-0.05, 0) is 31.4 Å². The molecular formula is C17H23N3O. The molecule has 2 aromatic rings. The van der Waals surface area contributed by atoms with Crippen molar-refractivity contribution >= 4 is 0 Å². The molecule has 1 fully saturated rings. The first-order valence-electron chi connectivity index (χ1n) is 7.90. The van der Waals surface area contributed by atoms with E-state index in [0.29, 0.717) is 0 Å². The van der Waals surface area contributed by atoms with Gasteiger partial charge in [0.05, 0.1) is 5.41 Å². The van der Waals surface area contributed by atoms with Crippen LogP contribution in [0, 0.1) is 0 Å². The molecular weight excluding hydrogens is 262 g/mol. The topological polar surface area (TPSA) is 51.0 Å². The van der Waals surface area contributed by atoms with Gasteiger partial charge in [-0.15, -0.1) is 0 Å². The summed E-state index contributed by atoms with van der Waals surface area (Å²) in [6.45, 7) is 4.27. The molecule has 0 bridgehead atoms. The van der Waals surface area contributed by atoms with E-state index >= 15 is 0 Å². The van der Waals surface area contributed by atoms with E-state index in [0.717, 1.165) is 50.5 Å². The highest BCUT2D eigenvalue weighted by Crippen LogP contribution is 2.34. The van der Waals surface area contributed by atoms with Crippen molar-refractivity contribution in [1.29, 1.82) is 0 Å². The molecule has 1 aromatic heterocycles. The number of nitrogens with zero attached hydrogens (tertiary/aromatic N) is 2. The van der Waals surface area contributed by atoms with Gasteiger partial charge < -0.3 is 9.84 Å². The summed E-state index contributed by atoms with van der Waals surface area (Å²) in [6, 6.07) is 10.3. The molecule has 0 spiro atoms. The third-order valence-corrected chi connectivity index (χ3v) is 4.33. The normalized spacial score (nSPS) is 22.3. The summed E-state index contributed by atoms with van der Waals surface area (Å²) >= 11 is 0. The van der Waals surface area contributed by atoms with Crippen molar-refractivity contribution < 1.29 is 4.52 Å². The fourth-order valence-electron chi connectivity index (χ4n) is 3.27. The third-order valence-electron chi connectivity index (χ3n) is 4.33. The highest BCUT2D eigenvalue weighted by atomic mass is 16.5. The molecule has 112 valence electrons. The van der Waals surface area contributed by atoms with Crippen molar-refractivity contribution in [2.24, 2.45) is 0 Å². The van der Waals surface area contributed by atoms with E-state index in [1.807, 2.05) is 18.2 Å². The molecule has 21 heavy (non-hydrogen) atoms. The summed E-state index contributed by atoms with van der Waals surface area (Å²) < 4.78 is 5.63. The highest BCUT2D eigenvalue weighted by molar-refractivity contribution is 5.19. The van der Waals surface area contributed by atoms with Gasteiger partial charge in [0.2, 0.25) is 5.89 Å². The molecule has 0 radical (unpaired) electrons. The van der Waals surface area contributed by atoms with Crippen molar-refractivity contribution in [2.75, 3.05) is 13.1 Å². The molecule has 0 saturated carbocycles. The Bertz CT molecular complexity index is 553. The molecule has 1 aliphatic rings. The molecule has 1 aliphatic heterocycles. The quantitative estimate of drug-likeness (QED) is 0.917. The van der Waals surface area contributed by atoms with E-state index in [2.05, 4.69) is 29.5 Å². The van der Waals surface area contributed by atoms with E-state index in [-0.39, 0.29) is 5.41 Å². The Morgan fingerprint density at radius 2 is 2.14 bits per heavy atom. The standard InChI is InChI=1S/C17H23N3O/c1-2-9-17(10-6-11-18-13-17)16-19-15(20-21-16)12-14-7-4-3-5-8-14/h3-5,7-8,18H,2,6,9-13H2,1H3. The predicted octanol–water partition coefficient (Wildman–Crippen LogP) is 3.08. The second kappa shape index (κ2) is 6.39. The van der Waals surface area contributed by atoms with Gasteiger partial charge in [-0.1, -0.05) is 48.8 Å². The number of benzene rings is 1. The lowest BCUT2D eigenvalue weighted by Gasteiger charge is -2.34. The Morgan fingerprint density at radius 3 is 2.86 bits per heavy atom. The number of piperidine rings is 1. The van der Waals surface area contributed by atoms with E-state index in [9.17, 15) is 0 Å². The number of rotatable bonds is 5.